The molecule has 0 radical (unpaired) electrons. The first-order valence-electron chi connectivity index (χ1n) is 6.64. The summed E-state index contributed by atoms with van der Waals surface area (Å²) in [5.74, 6) is 0.685. The second kappa shape index (κ2) is 8.26. The van der Waals surface area contributed by atoms with E-state index in [9.17, 15) is 5.11 Å². The minimum atomic E-state index is 0.178. The fourth-order valence-electron chi connectivity index (χ4n) is 2.06. The van der Waals surface area contributed by atoms with Crippen molar-refractivity contribution in [2.24, 2.45) is 5.92 Å². The van der Waals surface area contributed by atoms with Gasteiger partial charge in [0.15, 0.2) is 0 Å². The van der Waals surface area contributed by atoms with Gasteiger partial charge in [0.25, 0.3) is 0 Å². The van der Waals surface area contributed by atoms with E-state index in [4.69, 9.17) is 0 Å². The van der Waals surface area contributed by atoms with Crippen molar-refractivity contribution >= 4 is 0 Å². The van der Waals surface area contributed by atoms with Crippen LogP contribution in [0.15, 0.2) is 30.3 Å². The SMILES string of the molecule is CCCC(C)CNC(CO)Cc1ccccc1. The Morgan fingerprint density at radius 2 is 1.94 bits per heavy atom. The van der Waals surface area contributed by atoms with Crippen LogP contribution in [0.5, 0.6) is 0 Å². The molecule has 0 aliphatic heterocycles. The zero-order valence-corrected chi connectivity index (χ0v) is 11.0. The Morgan fingerprint density at radius 1 is 1.24 bits per heavy atom. The van der Waals surface area contributed by atoms with Crippen LogP contribution in [0.2, 0.25) is 0 Å². The molecule has 0 bridgehead atoms. The van der Waals surface area contributed by atoms with Crippen LogP contribution in [0.25, 0.3) is 0 Å². The quantitative estimate of drug-likeness (QED) is 0.726. The first-order chi connectivity index (χ1) is 8.26. The average Bonchev–Trinajstić information content (AvgIpc) is 2.36. The van der Waals surface area contributed by atoms with Crippen LogP contribution < -0.4 is 5.32 Å². The van der Waals surface area contributed by atoms with Crippen LogP contribution in [0.4, 0.5) is 0 Å². The normalized spacial score (nSPS) is 14.5. The van der Waals surface area contributed by atoms with Gasteiger partial charge in [-0.15, -0.1) is 0 Å². The van der Waals surface area contributed by atoms with Crippen LogP contribution in [0, 0.1) is 5.92 Å². The zero-order chi connectivity index (χ0) is 12.5. The maximum atomic E-state index is 9.37. The molecule has 0 saturated carbocycles. The average molecular weight is 235 g/mol. The number of nitrogens with one attached hydrogen (secondary N) is 1. The van der Waals surface area contributed by atoms with Crippen LogP contribution in [-0.4, -0.2) is 24.3 Å². The maximum absolute atomic E-state index is 9.37. The third kappa shape index (κ3) is 5.85. The fourth-order valence-corrected chi connectivity index (χ4v) is 2.06. The molecule has 0 amide bonds. The summed E-state index contributed by atoms with van der Waals surface area (Å²) in [6.07, 6.45) is 3.37. The highest BCUT2D eigenvalue weighted by atomic mass is 16.3. The van der Waals surface area contributed by atoms with E-state index in [1.165, 1.54) is 18.4 Å². The molecule has 2 heteroatoms. The number of rotatable bonds is 8. The summed E-state index contributed by atoms with van der Waals surface area (Å²) in [5.41, 5.74) is 1.28. The summed E-state index contributed by atoms with van der Waals surface area (Å²) in [6.45, 7) is 5.66. The van der Waals surface area contributed by atoms with Crippen molar-refractivity contribution in [3.05, 3.63) is 35.9 Å². The van der Waals surface area contributed by atoms with Gasteiger partial charge in [-0.3, -0.25) is 0 Å². The molecule has 2 unspecified atom stereocenters. The molecule has 0 spiro atoms. The minimum Gasteiger partial charge on any atom is -0.395 e. The zero-order valence-electron chi connectivity index (χ0n) is 11.0. The summed E-state index contributed by atoms with van der Waals surface area (Å²) in [6, 6.07) is 10.5. The molecule has 0 heterocycles. The van der Waals surface area contributed by atoms with E-state index in [0.717, 1.165) is 13.0 Å². The molecular weight excluding hydrogens is 210 g/mol. The Balaban J connectivity index is 2.34. The number of hydrogen-bond donors (Lipinski definition) is 2. The van der Waals surface area contributed by atoms with Crippen LogP contribution in [0.1, 0.15) is 32.3 Å². The molecule has 2 atom stereocenters. The molecule has 2 nitrogen and oxygen atoms in total. The van der Waals surface area contributed by atoms with Crippen molar-refractivity contribution < 1.29 is 5.11 Å². The molecule has 96 valence electrons. The molecule has 0 aliphatic rings. The molecule has 0 aliphatic carbocycles. The fraction of sp³-hybridized carbons (Fsp3) is 0.600. The highest BCUT2D eigenvalue weighted by Gasteiger charge is 2.09. The molecule has 0 fully saturated rings. The second-order valence-electron chi connectivity index (χ2n) is 4.87. The van der Waals surface area contributed by atoms with Gasteiger partial charge >= 0.3 is 0 Å². The second-order valence-corrected chi connectivity index (χ2v) is 4.87. The predicted octanol–water partition coefficient (Wildman–Crippen LogP) is 2.62. The van der Waals surface area contributed by atoms with Gasteiger partial charge in [-0.1, -0.05) is 50.6 Å². The number of aliphatic hydroxyl groups is 1. The van der Waals surface area contributed by atoms with E-state index in [2.05, 4.69) is 31.3 Å². The summed E-state index contributed by atoms with van der Waals surface area (Å²) in [7, 11) is 0. The van der Waals surface area contributed by atoms with Crippen molar-refractivity contribution in [1.82, 2.24) is 5.32 Å². The minimum absolute atomic E-state index is 0.178. The Kier molecular flexibility index (Phi) is 6.90. The van der Waals surface area contributed by atoms with E-state index in [-0.39, 0.29) is 12.6 Å². The Labute approximate surface area is 105 Å². The van der Waals surface area contributed by atoms with Gasteiger partial charge in [0.05, 0.1) is 6.61 Å². The summed E-state index contributed by atoms with van der Waals surface area (Å²) in [4.78, 5) is 0. The van der Waals surface area contributed by atoms with Crippen molar-refractivity contribution in [2.75, 3.05) is 13.2 Å². The molecule has 17 heavy (non-hydrogen) atoms. The third-order valence-electron chi connectivity index (χ3n) is 3.08. The van der Waals surface area contributed by atoms with Gasteiger partial charge in [-0.05, 0) is 30.9 Å². The molecule has 1 aromatic rings. The van der Waals surface area contributed by atoms with Gasteiger partial charge in [0, 0.05) is 6.04 Å². The number of aliphatic hydroxyl groups excluding tert-OH is 1. The summed E-state index contributed by atoms with van der Waals surface area (Å²) < 4.78 is 0. The van der Waals surface area contributed by atoms with Crippen molar-refractivity contribution in [3.63, 3.8) is 0 Å². The smallest absolute Gasteiger partial charge is 0.0587 e. The van der Waals surface area contributed by atoms with Gasteiger partial charge in [-0.2, -0.15) is 0 Å². The third-order valence-corrected chi connectivity index (χ3v) is 3.08. The van der Waals surface area contributed by atoms with E-state index in [1.807, 2.05) is 18.2 Å². The standard InChI is InChI=1S/C15H25NO/c1-3-7-13(2)11-16-15(12-17)10-14-8-5-4-6-9-14/h4-6,8-9,13,15-17H,3,7,10-12H2,1-2H3. The Morgan fingerprint density at radius 3 is 2.53 bits per heavy atom. The predicted molar refractivity (Wildman–Crippen MR) is 73.1 cm³/mol. The lowest BCUT2D eigenvalue weighted by molar-refractivity contribution is 0.236. The number of hydrogen-bond acceptors (Lipinski definition) is 2. The van der Waals surface area contributed by atoms with E-state index in [0.29, 0.717) is 5.92 Å². The van der Waals surface area contributed by atoms with Crippen molar-refractivity contribution in [2.45, 2.75) is 39.2 Å². The molecule has 2 N–H and O–H groups in total. The van der Waals surface area contributed by atoms with Crippen molar-refractivity contribution in [3.8, 4) is 0 Å². The van der Waals surface area contributed by atoms with Crippen LogP contribution >= 0.6 is 0 Å². The Bertz CT molecular complexity index is 286. The van der Waals surface area contributed by atoms with E-state index in [1.54, 1.807) is 0 Å². The molecular formula is C15H25NO. The highest BCUT2D eigenvalue weighted by Crippen LogP contribution is 2.06. The van der Waals surface area contributed by atoms with E-state index >= 15 is 0 Å². The van der Waals surface area contributed by atoms with Gasteiger partial charge in [0.1, 0.15) is 0 Å². The first kappa shape index (κ1) is 14.2. The van der Waals surface area contributed by atoms with Crippen LogP contribution in [-0.2, 0) is 6.42 Å². The number of benzene rings is 1. The van der Waals surface area contributed by atoms with Gasteiger partial charge in [-0.25, -0.2) is 0 Å². The van der Waals surface area contributed by atoms with E-state index < -0.39 is 0 Å². The van der Waals surface area contributed by atoms with Gasteiger partial charge in [0.2, 0.25) is 0 Å². The lowest BCUT2D eigenvalue weighted by Crippen LogP contribution is -2.37. The summed E-state index contributed by atoms with van der Waals surface area (Å²) in [5, 5.41) is 12.8. The molecule has 1 rings (SSSR count). The lowest BCUT2D eigenvalue weighted by atomic mass is 10.0. The topological polar surface area (TPSA) is 32.3 Å². The largest absolute Gasteiger partial charge is 0.395 e. The molecule has 1 aromatic carbocycles. The van der Waals surface area contributed by atoms with Gasteiger partial charge < -0.3 is 10.4 Å². The molecule has 0 aromatic heterocycles. The summed E-state index contributed by atoms with van der Waals surface area (Å²) >= 11 is 0. The Hall–Kier alpha value is -0.860. The lowest BCUT2D eigenvalue weighted by Gasteiger charge is -2.19. The molecule has 0 saturated heterocycles. The first-order valence-corrected chi connectivity index (χ1v) is 6.64. The highest BCUT2D eigenvalue weighted by molar-refractivity contribution is 5.15. The van der Waals surface area contributed by atoms with Crippen molar-refractivity contribution in [1.29, 1.82) is 0 Å². The van der Waals surface area contributed by atoms with Crippen LogP contribution in [0.3, 0.4) is 0 Å². The monoisotopic (exact) mass is 235 g/mol. The maximum Gasteiger partial charge on any atom is 0.0587 e.